The molecule has 0 atom stereocenters. The van der Waals surface area contributed by atoms with Crippen LogP contribution in [0.5, 0.6) is 5.75 Å². The summed E-state index contributed by atoms with van der Waals surface area (Å²) in [5.74, 6) is -0.562. The van der Waals surface area contributed by atoms with Gasteiger partial charge in [0.1, 0.15) is 5.75 Å². The van der Waals surface area contributed by atoms with Gasteiger partial charge in [-0.2, -0.15) is 0 Å². The molecule has 0 saturated carbocycles. The molecule has 0 aliphatic heterocycles. The number of carboxylic acids is 1. The van der Waals surface area contributed by atoms with Gasteiger partial charge in [0.25, 0.3) is 0 Å². The molecule has 3 N–H and O–H groups in total. The van der Waals surface area contributed by atoms with Gasteiger partial charge in [-0.25, -0.2) is 4.79 Å². The summed E-state index contributed by atoms with van der Waals surface area (Å²) in [7, 11) is 1.47. The molecule has 13 heavy (non-hydrogen) atoms. The molecule has 0 unspecified atom stereocenters. The number of rotatable bonds is 2. The Bertz CT molecular complexity index is 314. The largest absolute Gasteiger partial charge is 0.497 e. The Hall–Kier alpha value is -1.42. The van der Waals surface area contributed by atoms with Gasteiger partial charge in [-0.15, -0.1) is 12.4 Å². The molecule has 5 heteroatoms. The number of aromatic carboxylic acids is 1. The van der Waals surface area contributed by atoms with Gasteiger partial charge in [0.05, 0.1) is 12.7 Å². The first kappa shape index (κ1) is 11.6. The smallest absolute Gasteiger partial charge is 0.337 e. The Kier molecular flexibility index (Phi) is 4.07. The fourth-order valence-electron chi connectivity index (χ4n) is 0.848. The van der Waals surface area contributed by atoms with Gasteiger partial charge in [0.15, 0.2) is 0 Å². The second-order valence-electron chi connectivity index (χ2n) is 2.26. The predicted octanol–water partition coefficient (Wildman–Crippen LogP) is 1.40. The van der Waals surface area contributed by atoms with Gasteiger partial charge in [-0.05, 0) is 18.2 Å². The second kappa shape index (κ2) is 4.57. The number of ether oxygens (including phenoxy) is 1. The normalized spacial score (nSPS) is 8.69. The molecule has 0 aromatic heterocycles. The third-order valence-electron chi connectivity index (χ3n) is 1.49. The summed E-state index contributed by atoms with van der Waals surface area (Å²) in [6.07, 6.45) is 0. The first-order valence-corrected chi connectivity index (χ1v) is 3.32. The Labute approximate surface area is 81.7 Å². The van der Waals surface area contributed by atoms with Gasteiger partial charge in [-0.3, -0.25) is 0 Å². The zero-order valence-corrected chi connectivity index (χ0v) is 7.80. The molecule has 0 heterocycles. The minimum Gasteiger partial charge on any atom is -0.497 e. The van der Waals surface area contributed by atoms with Crippen LogP contribution in [0, 0.1) is 0 Å². The van der Waals surface area contributed by atoms with Crippen LogP contribution in [-0.2, 0) is 0 Å². The average Bonchev–Trinajstić information content (AvgIpc) is 2.05. The molecule has 4 nitrogen and oxygen atoms in total. The van der Waals surface area contributed by atoms with E-state index in [0.29, 0.717) is 5.75 Å². The molecular weight excluding hydrogens is 194 g/mol. The summed E-state index contributed by atoms with van der Waals surface area (Å²) in [5, 5.41) is 8.65. The number of hydrogen-bond acceptors (Lipinski definition) is 3. The number of halogens is 1. The lowest BCUT2D eigenvalue weighted by Crippen LogP contribution is -2.02. The van der Waals surface area contributed by atoms with Crippen LogP contribution < -0.4 is 10.5 Å². The van der Waals surface area contributed by atoms with Gasteiger partial charge < -0.3 is 15.6 Å². The minimum atomic E-state index is -1.05. The van der Waals surface area contributed by atoms with Crippen LogP contribution in [0.1, 0.15) is 10.4 Å². The SMILES string of the molecule is COc1ccc(N)c(C(=O)O)c1.Cl. The van der Waals surface area contributed by atoms with E-state index in [2.05, 4.69) is 0 Å². The molecule has 1 aromatic carbocycles. The van der Waals surface area contributed by atoms with Crippen molar-refractivity contribution < 1.29 is 14.6 Å². The topological polar surface area (TPSA) is 72.5 Å². The summed E-state index contributed by atoms with van der Waals surface area (Å²) in [6.45, 7) is 0. The van der Waals surface area contributed by atoms with Crippen LogP contribution in [0.15, 0.2) is 18.2 Å². The van der Waals surface area contributed by atoms with E-state index in [4.69, 9.17) is 15.6 Å². The van der Waals surface area contributed by atoms with Gasteiger partial charge in [-0.1, -0.05) is 0 Å². The van der Waals surface area contributed by atoms with Crippen LogP contribution in [-0.4, -0.2) is 18.2 Å². The van der Waals surface area contributed by atoms with Gasteiger partial charge >= 0.3 is 5.97 Å². The number of anilines is 1. The quantitative estimate of drug-likeness (QED) is 0.713. The van der Waals surface area contributed by atoms with Crippen molar-refractivity contribution in [2.75, 3.05) is 12.8 Å². The average molecular weight is 204 g/mol. The summed E-state index contributed by atoms with van der Waals surface area (Å²) < 4.78 is 4.84. The number of nitrogen functional groups attached to an aromatic ring is 1. The van der Waals surface area contributed by atoms with Crippen LogP contribution in [0.4, 0.5) is 5.69 Å². The Morgan fingerprint density at radius 2 is 2.15 bits per heavy atom. The lowest BCUT2D eigenvalue weighted by Gasteiger charge is -2.03. The Morgan fingerprint density at radius 1 is 1.54 bits per heavy atom. The van der Waals surface area contributed by atoms with Crippen molar-refractivity contribution in [2.24, 2.45) is 0 Å². The highest BCUT2D eigenvalue weighted by atomic mass is 35.5. The standard InChI is InChI=1S/C8H9NO3.ClH/c1-12-5-2-3-7(9)6(4-5)8(10)11;/h2-4H,9H2,1H3,(H,10,11);1H. The van der Waals surface area contributed by atoms with Crippen molar-refractivity contribution >= 4 is 24.1 Å². The maximum absolute atomic E-state index is 10.6. The molecule has 0 spiro atoms. The van der Waals surface area contributed by atoms with E-state index in [1.54, 1.807) is 6.07 Å². The van der Waals surface area contributed by atoms with E-state index in [-0.39, 0.29) is 23.7 Å². The van der Waals surface area contributed by atoms with Crippen molar-refractivity contribution in [3.05, 3.63) is 23.8 Å². The number of nitrogens with two attached hydrogens (primary N) is 1. The molecule has 1 rings (SSSR count). The number of hydrogen-bond donors (Lipinski definition) is 2. The molecule has 72 valence electrons. The molecule has 0 aliphatic carbocycles. The lowest BCUT2D eigenvalue weighted by atomic mass is 10.2. The number of methoxy groups -OCH3 is 1. The number of carbonyl (C=O) groups is 1. The fraction of sp³-hybridized carbons (Fsp3) is 0.125. The highest BCUT2D eigenvalue weighted by Gasteiger charge is 2.07. The third-order valence-corrected chi connectivity index (χ3v) is 1.49. The highest BCUT2D eigenvalue weighted by molar-refractivity contribution is 5.94. The van der Waals surface area contributed by atoms with Crippen molar-refractivity contribution in [1.29, 1.82) is 0 Å². The van der Waals surface area contributed by atoms with E-state index in [1.807, 2.05) is 0 Å². The molecule has 1 aromatic rings. The van der Waals surface area contributed by atoms with Crippen LogP contribution >= 0.6 is 12.4 Å². The summed E-state index contributed by atoms with van der Waals surface area (Å²) in [6, 6.07) is 4.50. The molecule has 0 radical (unpaired) electrons. The molecular formula is C8H10ClNO3. The first-order chi connectivity index (χ1) is 5.65. The molecule has 0 amide bonds. The molecule has 0 fully saturated rings. The number of carboxylic acid groups (broad SMARTS) is 1. The van der Waals surface area contributed by atoms with E-state index >= 15 is 0 Å². The molecule has 0 saturated heterocycles. The maximum atomic E-state index is 10.6. The first-order valence-electron chi connectivity index (χ1n) is 3.32. The molecule has 0 bridgehead atoms. The van der Waals surface area contributed by atoms with Gasteiger partial charge in [0, 0.05) is 5.69 Å². The fourth-order valence-corrected chi connectivity index (χ4v) is 0.848. The van der Waals surface area contributed by atoms with Crippen LogP contribution in [0.25, 0.3) is 0 Å². The van der Waals surface area contributed by atoms with E-state index < -0.39 is 5.97 Å². The molecule has 0 aliphatic rings. The van der Waals surface area contributed by atoms with Crippen molar-refractivity contribution in [1.82, 2.24) is 0 Å². The van der Waals surface area contributed by atoms with Crippen LogP contribution in [0.2, 0.25) is 0 Å². The predicted molar refractivity (Wildman–Crippen MR) is 51.6 cm³/mol. The third kappa shape index (κ3) is 2.52. The van der Waals surface area contributed by atoms with E-state index in [1.165, 1.54) is 19.2 Å². The summed E-state index contributed by atoms with van der Waals surface area (Å²) in [4.78, 5) is 10.6. The lowest BCUT2D eigenvalue weighted by molar-refractivity contribution is 0.0697. The Balaban J connectivity index is 0.00000144. The van der Waals surface area contributed by atoms with Crippen molar-refractivity contribution in [2.45, 2.75) is 0 Å². The minimum absolute atomic E-state index is 0. The zero-order valence-electron chi connectivity index (χ0n) is 6.98. The maximum Gasteiger partial charge on any atom is 0.337 e. The zero-order chi connectivity index (χ0) is 9.14. The Morgan fingerprint density at radius 3 is 2.62 bits per heavy atom. The van der Waals surface area contributed by atoms with Crippen molar-refractivity contribution in [3.8, 4) is 5.75 Å². The monoisotopic (exact) mass is 203 g/mol. The summed E-state index contributed by atoms with van der Waals surface area (Å²) >= 11 is 0. The van der Waals surface area contributed by atoms with Gasteiger partial charge in [0.2, 0.25) is 0 Å². The highest BCUT2D eigenvalue weighted by Crippen LogP contribution is 2.18. The van der Waals surface area contributed by atoms with E-state index in [0.717, 1.165) is 0 Å². The number of benzene rings is 1. The summed E-state index contributed by atoms with van der Waals surface area (Å²) in [5.41, 5.74) is 5.71. The van der Waals surface area contributed by atoms with Crippen LogP contribution in [0.3, 0.4) is 0 Å². The van der Waals surface area contributed by atoms with Crippen molar-refractivity contribution in [3.63, 3.8) is 0 Å². The van der Waals surface area contributed by atoms with E-state index in [9.17, 15) is 4.79 Å². The second-order valence-corrected chi connectivity index (χ2v) is 2.26.